The maximum absolute atomic E-state index is 13.1. The van der Waals surface area contributed by atoms with Gasteiger partial charge in [0.25, 0.3) is 0 Å². The van der Waals surface area contributed by atoms with Crippen LogP contribution in [0.5, 0.6) is 0 Å². The lowest BCUT2D eigenvalue weighted by Gasteiger charge is -2.08. The number of esters is 1. The normalized spacial score (nSPS) is 12.0. The number of hydrogen-bond acceptors (Lipinski definition) is 2. The van der Waals surface area contributed by atoms with Crippen LogP contribution in [0, 0.1) is 5.82 Å². The highest BCUT2D eigenvalue weighted by molar-refractivity contribution is 5.91. The summed E-state index contributed by atoms with van der Waals surface area (Å²) in [5.74, 6) is -0.639. The van der Waals surface area contributed by atoms with Gasteiger partial charge in [0, 0.05) is 6.08 Å². The van der Waals surface area contributed by atoms with Crippen molar-refractivity contribution in [2.45, 2.75) is 53.4 Å². The number of hydrogen-bond donors (Lipinski definition) is 0. The molecule has 3 heteroatoms. The van der Waals surface area contributed by atoms with Crippen molar-refractivity contribution in [3.63, 3.8) is 0 Å². The van der Waals surface area contributed by atoms with Crippen molar-refractivity contribution in [1.82, 2.24) is 0 Å². The number of rotatable bonds is 9. The molecule has 136 valence electrons. The van der Waals surface area contributed by atoms with E-state index in [1.54, 1.807) is 19.1 Å². The molecule has 0 heterocycles. The van der Waals surface area contributed by atoms with Gasteiger partial charge in [-0.05, 0) is 76.6 Å². The van der Waals surface area contributed by atoms with Gasteiger partial charge in [0.1, 0.15) is 5.82 Å². The highest BCUT2D eigenvalue weighted by atomic mass is 19.1. The number of benzene rings is 1. The van der Waals surface area contributed by atoms with E-state index >= 15 is 0 Å². The molecule has 0 aliphatic rings. The number of allylic oxidation sites excluding steroid dienone is 5. The molecule has 0 saturated carbocycles. The minimum atomic E-state index is -0.355. The summed E-state index contributed by atoms with van der Waals surface area (Å²) in [5, 5.41) is 0. The zero-order chi connectivity index (χ0) is 18.7. The van der Waals surface area contributed by atoms with Crippen molar-refractivity contribution in [1.29, 1.82) is 0 Å². The molecule has 0 saturated heterocycles. The van der Waals surface area contributed by atoms with Crippen LogP contribution in [0.1, 0.15) is 58.9 Å². The van der Waals surface area contributed by atoms with E-state index in [4.69, 9.17) is 4.74 Å². The van der Waals surface area contributed by atoms with Crippen molar-refractivity contribution in [2.24, 2.45) is 0 Å². The Labute approximate surface area is 151 Å². The molecule has 0 amide bonds. The third kappa shape index (κ3) is 9.04. The van der Waals surface area contributed by atoms with E-state index in [9.17, 15) is 9.18 Å². The summed E-state index contributed by atoms with van der Waals surface area (Å²) in [6.45, 7) is 8.46. The van der Waals surface area contributed by atoms with Gasteiger partial charge in [-0.2, -0.15) is 0 Å². The van der Waals surface area contributed by atoms with Crippen LogP contribution in [-0.4, -0.2) is 12.6 Å². The Morgan fingerprint density at radius 2 is 1.68 bits per heavy atom. The topological polar surface area (TPSA) is 26.3 Å². The summed E-state index contributed by atoms with van der Waals surface area (Å²) >= 11 is 0. The van der Waals surface area contributed by atoms with Crippen molar-refractivity contribution >= 4 is 11.5 Å². The highest BCUT2D eigenvalue weighted by Crippen LogP contribution is 2.22. The second-order valence-corrected chi connectivity index (χ2v) is 6.34. The predicted octanol–water partition coefficient (Wildman–Crippen LogP) is 6.25. The maximum Gasteiger partial charge on any atom is 0.331 e. The number of carbonyl (C=O) groups excluding carboxylic acids is 1. The molecule has 0 aromatic heterocycles. The van der Waals surface area contributed by atoms with Crippen LogP contribution in [0.15, 0.2) is 53.6 Å². The first kappa shape index (κ1) is 20.9. The molecule has 1 aromatic rings. The fourth-order valence-electron chi connectivity index (χ4n) is 2.45. The molecular weight excluding hydrogens is 315 g/mol. The number of ether oxygens (including phenoxy) is 1. The van der Waals surface area contributed by atoms with E-state index < -0.39 is 0 Å². The average Bonchev–Trinajstić information content (AvgIpc) is 2.54. The zero-order valence-electron chi connectivity index (χ0n) is 15.8. The largest absolute Gasteiger partial charge is 0.463 e. The first-order valence-corrected chi connectivity index (χ1v) is 8.84. The van der Waals surface area contributed by atoms with Crippen LogP contribution < -0.4 is 0 Å². The molecule has 0 bridgehead atoms. The molecule has 0 radical (unpaired) electrons. The van der Waals surface area contributed by atoms with E-state index in [1.165, 1.54) is 29.4 Å². The Hall–Kier alpha value is -2.16. The van der Waals surface area contributed by atoms with Crippen LogP contribution in [0.3, 0.4) is 0 Å². The fourth-order valence-corrected chi connectivity index (χ4v) is 2.45. The second kappa shape index (κ2) is 11.4. The maximum atomic E-state index is 13.1. The molecular formula is C22H29FO2. The van der Waals surface area contributed by atoms with Crippen molar-refractivity contribution in [3.05, 3.63) is 65.0 Å². The smallest absolute Gasteiger partial charge is 0.331 e. The van der Waals surface area contributed by atoms with Crippen LogP contribution in [0.25, 0.3) is 5.57 Å². The minimum absolute atomic E-state index is 0.283. The lowest BCUT2D eigenvalue weighted by atomic mass is 9.99. The molecule has 0 N–H and O–H groups in total. The van der Waals surface area contributed by atoms with E-state index in [1.807, 2.05) is 0 Å². The second-order valence-electron chi connectivity index (χ2n) is 6.34. The highest BCUT2D eigenvalue weighted by Gasteiger charge is 2.06. The first-order valence-electron chi connectivity index (χ1n) is 8.84. The van der Waals surface area contributed by atoms with Crippen LogP contribution in [0.4, 0.5) is 4.39 Å². The summed E-state index contributed by atoms with van der Waals surface area (Å²) in [5.41, 5.74) is 4.40. The number of carbonyl (C=O) groups is 1. The molecule has 1 rings (SSSR count). The van der Waals surface area contributed by atoms with Gasteiger partial charge >= 0.3 is 5.97 Å². The predicted molar refractivity (Wildman–Crippen MR) is 103 cm³/mol. The van der Waals surface area contributed by atoms with Crippen LogP contribution in [-0.2, 0) is 9.53 Å². The zero-order valence-corrected chi connectivity index (χ0v) is 15.8. The van der Waals surface area contributed by atoms with E-state index in [0.29, 0.717) is 13.0 Å². The molecule has 1 aromatic carbocycles. The van der Waals surface area contributed by atoms with E-state index in [-0.39, 0.29) is 11.8 Å². The summed E-state index contributed by atoms with van der Waals surface area (Å²) < 4.78 is 18.2. The Bertz CT molecular complexity index is 632. The van der Waals surface area contributed by atoms with Crippen molar-refractivity contribution < 1.29 is 13.9 Å². The van der Waals surface area contributed by atoms with Gasteiger partial charge in [0.15, 0.2) is 0 Å². The molecule has 0 unspecified atom stereocenters. The first-order chi connectivity index (χ1) is 11.9. The minimum Gasteiger partial charge on any atom is -0.463 e. The molecule has 0 atom stereocenters. The molecule has 0 aliphatic carbocycles. The Kier molecular flexibility index (Phi) is 9.53. The summed E-state index contributed by atoms with van der Waals surface area (Å²) in [6.07, 6.45) is 9.60. The lowest BCUT2D eigenvalue weighted by molar-refractivity contribution is -0.137. The van der Waals surface area contributed by atoms with Gasteiger partial charge in [-0.25, -0.2) is 9.18 Å². The summed E-state index contributed by atoms with van der Waals surface area (Å²) in [7, 11) is 0. The summed E-state index contributed by atoms with van der Waals surface area (Å²) in [4.78, 5) is 11.8. The Morgan fingerprint density at radius 1 is 1.04 bits per heavy atom. The van der Waals surface area contributed by atoms with Gasteiger partial charge < -0.3 is 4.74 Å². The van der Waals surface area contributed by atoms with Crippen LogP contribution in [0.2, 0.25) is 0 Å². The Balaban J connectivity index is 2.75. The lowest BCUT2D eigenvalue weighted by Crippen LogP contribution is -2.01. The van der Waals surface area contributed by atoms with E-state index in [0.717, 1.165) is 30.4 Å². The van der Waals surface area contributed by atoms with E-state index in [2.05, 4.69) is 32.9 Å². The quantitative estimate of drug-likeness (QED) is 0.301. The molecule has 0 aliphatic heterocycles. The average molecular weight is 344 g/mol. The molecule has 0 spiro atoms. The SMILES string of the molecule is CCOC(=O)/C=C(/CC/C=C(\C)CCC=C(C)C)c1ccc(F)cc1. The van der Waals surface area contributed by atoms with Gasteiger partial charge in [0.2, 0.25) is 0 Å². The Morgan fingerprint density at radius 3 is 2.28 bits per heavy atom. The summed E-state index contributed by atoms with van der Waals surface area (Å²) in [6, 6.07) is 6.22. The van der Waals surface area contributed by atoms with Crippen LogP contribution >= 0.6 is 0 Å². The van der Waals surface area contributed by atoms with Gasteiger partial charge in [-0.3, -0.25) is 0 Å². The molecule has 25 heavy (non-hydrogen) atoms. The monoisotopic (exact) mass is 344 g/mol. The van der Waals surface area contributed by atoms with Crippen molar-refractivity contribution in [2.75, 3.05) is 6.61 Å². The molecule has 2 nitrogen and oxygen atoms in total. The van der Waals surface area contributed by atoms with Gasteiger partial charge in [-0.15, -0.1) is 0 Å². The van der Waals surface area contributed by atoms with Crippen molar-refractivity contribution in [3.8, 4) is 0 Å². The number of halogens is 1. The third-order valence-electron chi connectivity index (χ3n) is 3.79. The van der Waals surface area contributed by atoms with Gasteiger partial charge in [-0.1, -0.05) is 35.4 Å². The third-order valence-corrected chi connectivity index (χ3v) is 3.79. The fraction of sp³-hybridized carbons (Fsp3) is 0.409. The van der Waals surface area contributed by atoms with Gasteiger partial charge in [0.05, 0.1) is 6.61 Å². The molecule has 0 fully saturated rings. The standard InChI is InChI=1S/C22H29FO2/c1-5-25-22(24)16-20(19-12-14-21(23)15-13-19)11-7-10-18(4)9-6-8-17(2)3/h8,10,12-16H,5-7,9,11H2,1-4H3/b18-10+,20-16-.